The van der Waals surface area contributed by atoms with Gasteiger partial charge in [0.15, 0.2) is 0 Å². The molecule has 2 rings (SSSR count). The second kappa shape index (κ2) is 5.89. The molecule has 98 valence electrons. The van der Waals surface area contributed by atoms with E-state index in [-0.39, 0.29) is 5.91 Å². The van der Waals surface area contributed by atoms with Crippen LogP contribution in [0.1, 0.15) is 42.1 Å². The van der Waals surface area contributed by atoms with Gasteiger partial charge in [0, 0.05) is 25.3 Å². The van der Waals surface area contributed by atoms with E-state index in [1.165, 1.54) is 5.56 Å². The quantitative estimate of drug-likeness (QED) is 0.885. The van der Waals surface area contributed by atoms with Crippen molar-refractivity contribution >= 4 is 11.6 Å². The van der Waals surface area contributed by atoms with Crippen LogP contribution in [-0.4, -0.2) is 30.4 Å². The Labute approximate surface area is 109 Å². The third-order valence-electron chi connectivity index (χ3n) is 3.36. The Hall–Kier alpha value is -1.51. The molecule has 0 aliphatic carbocycles. The number of carbonyl (C=O) groups excluding carboxylic acids is 1. The number of aryl methyl sites for hydroxylation is 1. The molecule has 0 atom stereocenters. The highest BCUT2D eigenvalue weighted by Gasteiger charge is 2.21. The van der Waals surface area contributed by atoms with Gasteiger partial charge in [0.05, 0.1) is 5.56 Å². The van der Waals surface area contributed by atoms with Crippen LogP contribution in [0.2, 0.25) is 0 Å². The van der Waals surface area contributed by atoms with Crippen LogP contribution in [0.5, 0.6) is 0 Å². The topological polar surface area (TPSA) is 32.3 Å². The lowest BCUT2D eigenvalue weighted by atomic mass is 10.1. The molecule has 0 aromatic heterocycles. The minimum absolute atomic E-state index is 0.172. The lowest BCUT2D eigenvalue weighted by Gasteiger charge is -2.18. The number of hydrogen-bond acceptors (Lipinski definition) is 2. The smallest absolute Gasteiger partial charge is 0.255 e. The van der Waals surface area contributed by atoms with Crippen LogP contribution in [0, 0.1) is 6.92 Å². The first kappa shape index (κ1) is 12.9. The Morgan fingerprint density at radius 1 is 1.33 bits per heavy atom. The Balaban J connectivity index is 2.21. The lowest BCUT2D eigenvalue weighted by Crippen LogP contribution is -2.28. The van der Waals surface area contributed by atoms with E-state index < -0.39 is 0 Å². The van der Waals surface area contributed by atoms with Gasteiger partial charge in [0.1, 0.15) is 0 Å². The van der Waals surface area contributed by atoms with Crippen molar-refractivity contribution < 1.29 is 4.79 Å². The molecule has 3 heteroatoms. The zero-order chi connectivity index (χ0) is 13.0. The fourth-order valence-corrected chi connectivity index (χ4v) is 2.34. The summed E-state index contributed by atoms with van der Waals surface area (Å²) in [5.74, 6) is 0.172. The standard InChI is InChI=1S/C15H22N2O/c1-3-8-16-14-11-12(2)6-7-13(14)15(18)17-9-4-5-10-17/h6-7,11,16H,3-5,8-10H2,1-2H3. The minimum atomic E-state index is 0.172. The molecule has 1 aliphatic heterocycles. The fourth-order valence-electron chi connectivity index (χ4n) is 2.34. The molecule has 18 heavy (non-hydrogen) atoms. The van der Waals surface area contributed by atoms with Gasteiger partial charge in [-0.15, -0.1) is 0 Å². The van der Waals surface area contributed by atoms with Gasteiger partial charge in [0.2, 0.25) is 0 Å². The summed E-state index contributed by atoms with van der Waals surface area (Å²) in [5, 5.41) is 3.36. The fraction of sp³-hybridized carbons (Fsp3) is 0.533. The van der Waals surface area contributed by atoms with Gasteiger partial charge in [-0.2, -0.15) is 0 Å². The van der Waals surface area contributed by atoms with E-state index in [9.17, 15) is 4.79 Å². The van der Waals surface area contributed by atoms with E-state index in [2.05, 4.69) is 25.2 Å². The van der Waals surface area contributed by atoms with E-state index in [0.29, 0.717) is 0 Å². The van der Waals surface area contributed by atoms with E-state index in [1.54, 1.807) is 0 Å². The lowest BCUT2D eigenvalue weighted by molar-refractivity contribution is 0.0794. The van der Waals surface area contributed by atoms with Gasteiger partial charge in [-0.05, 0) is 43.9 Å². The Morgan fingerprint density at radius 3 is 2.72 bits per heavy atom. The maximum atomic E-state index is 12.4. The molecule has 0 saturated carbocycles. The van der Waals surface area contributed by atoms with Gasteiger partial charge >= 0.3 is 0 Å². The van der Waals surface area contributed by atoms with Crippen molar-refractivity contribution in [3.8, 4) is 0 Å². The van der Waals surface area contributed by atoms with E-state index >= 15 is 0 Å². The normalized spacial score (nSPS) is 14.9. The highest BCUT2D eigenvalue weighted by atomic mass is 16.2. The number of nitrogens with one attached hydrogen (secondary N) is 1. The molecule has 1 amide bonds. The van der Waals surface area contributed by atoms with Crippen molar-refractivity contribution in [1.29, 1.82) is 0 Å². The summed E-state index contributed by atoms with van der Waals surface area (Å²) in [7, 11) is 0. The summed E-state index contributed by atoms with van der Waals surface area (Å²) in [5.41, 5.74) is 2.98. The first-order chi connectivity index (χ1) is 8.72. The van der Waals surface area contributed by atoms with Crippen LogP contribution >= 0.6 is 0 Å². The molecule has 0 spiro atoms. The number of rotatable bonds is 4. The van der Waals surface area contributed by atoms with Crippen LogP contribution in [0.15, 0.2) is 18.2 Å². The van der Waals surface area contributed by atoms with Gasteiger partial charge in [-0.3, -0.25) is 4.79 Å². The molecule has 1 N–H and O–H groups in total. The van der Waals surface area contributed by atoms with Crippen LogP contribution in [-0.2, 0) is 0 Å². The molecule has 0 bridgehead atoms. The van der Waals surface area contributed by atoms with Crippen LogP contribution in [0.25, 0.3) is 0 Å². The van der Waals surface area contributed by atoms with E-state index in [0.717, 1.165) is 50.1 Å². The zero-order valence-electron chi connectivity index (χ0n) is 11.3. The summed E-state index contributed by atoms with van der Waals surface area (Å²) in [6.45, 7) is 6.90. The summed E-state index contributed by atoms with van der Waals surface area (Å²) in [4.78, 5) is 14.4. The second-order valence-corrected chi connectivity index (χ2v) is 4.98. The number of anilines is 1. The van der Waals surface area contributed by atoms with Gasteiger partial charge in [-0.25, -0.2) is 0 Å². The number of carbonyl (C=O) groups is 1. The maximum Gasteiger partial charge on any atom is 0.255 e. The Morgan fingerprint density at radius 2 is 2.06 bits per heavy atom. The van der Waals surface area contributed by atoms with E-state index in [1.807, 2.05) is 17.0 Å². The average Bonchev–Trinajstić information content (AvgIpc) is 2.89. The van der Waals surface area contributed by atoms with Crippen molar-refractivity contribution in [1.82, 2.24) is 4.90 Å². The van der Waals surface area contributed by atoms with Crippen molar-refractivity contribution in [2.45, 2.75) is 33.1 Å². The minimum Gasteiger partial charge on any atom is -0.384 e. The monoisotopic (exact) mass is 246 g/mol. The highest BCUT2D eigenvalue weighted by Crippen LogP contribution is 2.21. The third-order valence-corrected chi connectivity index (χ3v) is 3.36. The predicted octanol–water partition coefficient (Wildman–Crippen LogP) is 3.05. The summed E-state index contributed by atoms with van der Waals surface area (Å²) in [6, 6.07) is 6.04. The van der Waals surface area contributed by atoms with Crippen molar-refractivity contribution in [3.05, 3.63) is 29.3 Å². The first-order valence-corrected chi connectivity index (χ1v) is 6.86. The molecule has 1 aromatic carbocycles. The second-order valence-electron chi connectivity index (χ2n) is 4.98. The molecule has 1 heterocycles. The molecule has 3 nitrogen and oxygen atoms in total. The molecular weight excluding hydrogens is 224 g/mol. The molecule has 1 saturated heterocycles. The van der Waals surface area contributed by atoms with Gasteiger partial charge in [0.25, 0.3) is 5.91 Å². The first-order valence-electron chi connectivity index (χ1n) is 6.86. The number of likely N-dealkylation sites (tertiary alicyclic amines) is 1. The Bertz CT molecular complexity index is 423. The number of nitrogens with zero attached hydrogens (tertiary/aromatic N) is 1. The number of benzene rings is 1. The van der Waals surface area contributed by atoms with Crippen molar-refractivity contribution in [2.75, 3.05) is 25.0 Å². The third kappa shape index (κ3) is 2.84. The Kier molecular flexibility index (Phi) is 4.24. The molecular formula is C15H22N2O. The summed E-state index contributed by atoms with van der Waals surface area (Å²) >= 11 is 0. The molecule has 0 unspecified atom stereocenters. The number of amides is 1. The van der Waals surface area contributed by atoms with Crippen molar-refractivity contribution in [3.63, 3.8) is 0 Å². The molecule has 1 aromatic rings. The predicted molar refractivity (Wildman–Crippen MR) is 75.1 cm³/mol. The summed E-state index contributed by atoms with van der Waals surface area (Å²) in [6.07, 6.45) is 3.33. The van der Waals surface area contributed by atoms with E-state index in [4.69, 9.17) is 0 Å². The summed E-state index contributed by atoms with van der Waals surface area (Å²) < 4.78 is 0. The maximum absolute atomic E-state index is 12.4. The van der Waals surface area contributed by atoms with Crippen LogP contribution in [0.4, 0.5) is 5.69 Å². The van der Waals surface area contributed by atoms with Crippen molar-refractivity contribution in [2.24, 2.45) is 0 Å². The SMILES string of the molecule is CCCNc1cc(C)ccc1C(=O)N1CCCC1. The molecule has 1 fully saturated rings. The van der Waals surface area contributed by atoms with Gasteiger partial charge < -0.3 is 10.2 Å². The average molecular weight is 246 g/mol. The molecule has 0 radical (unpaired) electrons. The molecule has 1 aliphatic rings. The number of hydrogen-bond donors (Lipinski definition) is 1. The largest absolute Gasteiger partial charge is 0.384 e. The van der Waals surface area contributed by atoms with Gasteiger partial charge in [-0.1, -0.05) is 13.0 Å². The van der Waals surface area contributed by atoms with Crippen LogP contribution in [0.3, 0.4) is 0 Å². The van der Waals surface area contributed by atoms with Crippen LogP contribution < -0.4 is 5.32 Å². The highest BCUT2D eigenvalue weighted by molar-refractivity contribution is 5.99. The zero-order valence-corrected chi connectivity index (χ0v) is 11.3.